The molecule has 1 aliphatic rings. The maximum absolute atomic E-state index is 12.9. The lowest BCUT2D eigenvalue weighted by Crippen LogP contribution is -2.41. The van der Waals surface area contributed by atoms with E-state index < -0.39 is 10.0 Å². The Hall–Kier alpha value is -1.11. The van der Waals surface area contributed by atoms with Gasteiger partial charge in [-0.25, -0.2) is 8.42 Å². The number of rotatable bonds is 8. The van der Waals surface area contributed by atoms with Gasteiger partial charge in [-0.2, -0.15) is 4.31 Å². The van der Waals surface area contributed by atoms with Crippen molar-refractivity contribution in [2.45, 2.75) is 44.6 Å². The molecule has 1 aliphatic heterocycles. The van der Waals surface area contributed by atoms with E-state index in [0.717, 1.165) is 25.9 Å². The van der Waals surface area contributed by atoms with Crippen molar-refractivity contribution in [3.05, 3.63) is 24.3 Å². The van der Waals surface area contributed by atoms with Gasteiger partial charge in [-0.3, -0.25) is 0 Å². The third kappa shape index (κ3) is 4.68. The average molecular weight is 340 g/mol. The van der Waals surface area contributed by atoms with Gasteiger partial charge in [-0.15, -0.1) is 0 Å². The molecule has 1 unspecified atom stereocenters. The van der Waals surface area contributed by atoms with E-state index in [0.29, 0.717) is 29.7 Å². The first-order valence-electron chi connectivity index (χ1n) is 8.40. The van der Waals surface area contributed by atoms with E-state index >= 15 is 0 Å². The molecule has 0 saturated carbocycles. The standard InChI is InChI=1S/C17H28N2O3S/c1-4-11-19(15-9-10-18-12-15)23(20,21)17-7-5-16(6-8-17)22-13-14(2)3/h5-8,14-15,18H,4,9-13H2,1-3H3. The molecule has 2 rings (SSSR count). The topological polar surface area (TPSA) is 58.6 Å². The first-order valence-corrected chi connectivity index (χ1v) is 9.84. The summed E-state index contributed by atoms with van der Waals surface area (Å²) in [6.45, 7) is 8.96. The summed E-state index contributed by atoms with van der Waals surface area (Å²) in [4.78, 5) is 0.342. The number of hydrogen-bond donors (Lipinski definition) is 1. The Kier molecular flexibility index (Phi) is 6.44. The van der Waals surface area contributed by atoms with Gasteiger partial charge in [0.15, 0.2) is 0 Å². The number of hydrogen-bond acceptors (Lipinski definition) is 4. The van der Waals surface area contributed by atoms with Crippen LogP contribution in [0.3, 0.4) is 0 Å². The predicted molar refractivity (Wildman–Crippen MR) is 92.2 cm³/mol. The highest BCUT2D eigenvalue weighted by atomic mass is 32.2. The van der Waals surface area contributed by atoms with Gasteiger partial charge in [-0.05, 0) is 49.6 Å². The predicted octanol–water partition coefficient (Wildman–Crippen LogP) is 2.48. The first-order chi connectivity index (χ1) is 10.9. The van der Waals surface area contributed by atoms with Gasteiger partial charge in [-0.1, -0.05) is 20.8 Å². The second-order valence-electron chi connectivity index (χ2n) is 6.44. The largest absolute Gasteiger partial charge is 0.493 e. The summed E-state index contributed by atoms with van der Waals surface area (Å²) in [5.41, 5.74) is 0. The van der Waals surface area contributed by atoms with Crippen LogP contribution in [-0.2, 0) is 10.0 Å². The van der Waals surface area contributed by atoms with Crippen molar-refractivity contribution in [1.82, 2.24) is 9.62 Å². The number of sulfonamides is 1. The summed E-state index contributed by atoms with van der Waals surface area (Å²) in [5.74, 6) is 1.15. The summed E-state index contributed by atoms with van der Waals surface area (Å²) in [5, 5.41) is 3.25. The molecule has 0 spiro atoms. The smallest absolute Gasteiger partial charge is 0.243 e. The molecule has 5 nitrogen and oxygen atoms in total. The van der Waals surface area contributed by atoms with Crippen LogP contribution in [0.2, 0.25) is 0 Å². The van der Waals surface area contributed by atoms with Crippen molar-refractivity contribution in [1.29, 1.82) is 0 Å². The van der Waals surface area contributed by atoms with Crippen molar-refractivity contribution >= 4 is 10.0 Å². The molecule has 0 aliphatic carbocycles. The van der Waals surface area contributed by atoms with E-state index in [-0.39, 0.29) is 6.04 Å². The molecule has 1 heterocycles. The third-order valence-electron chi connectivity index (χ3n) is 3.90. The summed E-state index contributed by atoms with van der Waals surface area (Å²) in [6, 6.07) is 6.83. The normalized spacial score (nSPS) is 18.7. The van der Waals surface area contributed by atoms with Crippen LogP contribution < -0.4 is 10.1 Å². The van der Waals surface area contributed by atoms with E-state index in [1.807, 2.05) is 6.92 Å². The van der Waals surface area contributed by atoms with Gasteiger partial charge < -0.3 is 10.1 Å². The van der Waals surface area contributed by atoms with E-state index in [1.165, 1.54) is 0 Å². The maximum Gasteiger partial charge on any atom is 0.243 e. The summed E-state index contributed by atoms with van der Waals surface area (Å²) in [6.07, 6.45) is 1.68. The van der Waals surface area contributed by atoms with Crippen molar-refractivity contribution in [2.24, 2.45) is 5.92 Å². The molecule has 0 radical (unpaired) electrons. The van der Waals surface area contributed by atoms with Crippen molar-refractivity contribution < 1.29 is 13.2 Å². The molecule has 130 valence electrons. The highest BCUT2D eigenvalue weighted by Gasteiger charge is 2.32. The lowest BCUT2D eigenvalue weighted by Gasteiger charge is -2.27. The van der Waals surface area contributed by atoms with Gasteiger partial charge in [0, 0.05) is 19.1 Å². The van der Waals surface area contributed by atoms with Gasteiger partial charge in [0.05, 0.1) is 11.5 Å². The Bertz CT molecular complexity index is 578. The van der Waals surface area contributed by atoms with Gasteiger partial charge in [0.1, 0.15) is 5.75 Å². The Morgan fingerprint density at radius 2 is 2.00 bits per heavy atom. The molecule has 1 saturated heterocycles. The number of nitrogens with zero attached hydrogens (tertiary/aromatic N) is 1. The van der Waals surface area contributed by atoms with Crippen LogP contribution >= 0.6 is 0 Å². The number of ether oxygens (including phenoxy) is 1. The molecule has 0 bridgehead atoms. The first kappa shape index (κ1) is 18.2. The summed E-state index contributed by atoms with van der Waals surface area (Å²) >= 11 is 0. The fraction of sp³-hybridized carbons (Fsp3) is 0.647. The minimum absolute atomic E-state index is 0.0526. The lowest BCUT2D eigenvalue weighted by molar-refractivity contribution is 0.271. The lowest BCUT2D eigenvalue weighted by atomic mass is 10.2. The van der Waals surface area contributed by atoms with Crippen molar-refractivity contribution in [3.63, 3.8) is 0 Å². The average Bonchev–Trinajstić information content (AvgIpc) is 3.04. The SMILES string of the molecule is CCCN(C1CCNC1)S(=O)(=O)c1ccc(OCC(C)C)cc1. The van der Waals surface area contributed by atoms with Crippen molar-refractivity contribution in [2.75, 3.05) is 26.2 Å². The molecule has 1 N–H and O–H groups in total. The van der Waals surface area contributed by atoms with Crippen LogP contribution in [0.4, 0.5) is 0 Å². The van der Waals surface area contributed by atoms with Crippen LogP contribution in [-0.4, -0.2) is 45.0 Å². The number of nitrogens with one attached hydrogen (secondary N) is 1. The van der Waals surface area contributed by atoms with Crippen LogP contribution in [0.15, 0.2) is 29.2 Å². The van der Waals surface area contributed by atoms with Crippen molar-refractivity contribution in [3.8, 4) is 5.75 Å². The zero-order valence-electron chi connectivity index (χ0n) is 14.3. The third-order valence-corrected chi connectivity index (χ3v) is 5.87. The molecule has 1 aromatic rings. The second-order valence-corrected chi connectivity index (χ2v) is 8.33. The Morgan fingerprint density at radius 3 is 2.52 bits per heavy atom. The minimum atomic E-state index is -3.46. The second kappa shape index (κ2) is 8.13. The fourth-order valence-corrected chi connectivity index (χ4v) is 4.46. The zero-order chi connectivity index (χ0) is 16.9. The Balaban J connectivity index is 2.16. The highest BCUT2D eigenvalue weighted by Crippen LogP contribution is 2.23. The molecule has 23 heavy (non-hydrogen) atoms. The molecule has 1 aromatic carbocycles. The molecule has 1 atom stereocenters. The van der Waals surface area contributed by atoms with Crippen LogP contribution in [0.1, 0.15) is 33.6 Å². The van der Waals surface area contributed by atoms with E-state index in [2.05, 4.69) is 19.2 Å². The Morgan fingerprint density at radius 1 is 1.30 bits per heavy atom. The fourth-order valence-electron chi connectivity index (χ4n) is 2.71. The summed E-state index contributed by atoms with van der Waals surface area (Å²) < 4.78 is 33.2. The molecular weight excluding hydrogens is 312 g/mol. The maximum atomic E-state index is 12.9. The van der Waals surface area contributed by atoms with E-state index in [1.54, 1.807) is 28.6 Å². The summed E-state index contributed by atoms with van der Waals surface area (Å²) in [7, 11) is -3.46. The van der Waals surface area contributed by atoms with Crippen LogP contribution in [0, 0.1) is 5.92 Å². The van der Waals surface area contributed by atoms with E-state index in [4.69, 9.17) is 4.74 Å². The van der Waals surface area contributed by atoms with E-state index in [9.17, 15) is 8.42 Å². The molecule has 0 aromatic heterocycles. The highest BCUT2D eigenvalue weighted by molar-refractivity contribution is 7.89. The molecule has 0 amide bonds. The van der Waals surface area contributed by atoms with Gasteiger partial charge in [0.2, 0.25) is 10.0 Å². The number of benzene rings is 1. The van der Waals surface area contributed by atoms with Crippen LogP contribution in [0.25, 0.3) is 0 Å². The quantitative estimate of drug-likeness (QED) is 0.790. The molecule has 1 fully saturated rings. The monoisotopic (exact) mass is 340 g/mol. The zero-order valence-corrected chi connectivity index (χ0v) is 15.1. The minimum Gasteiger partial charge on any atom is -0.493 e. The molecule has 6 heteroatoms. The van der Waals surface area contributed by atoms with Gasteiger partial charge >= 0.3 is 0 Å². The van der Waals surface area contributed by atoms with Gasteiger partial charge in [0.25, 0.3) is 0 Å². The molecular formula is C17H28N2O3S. The van der Waals surface area contributed by atoms with Crippen LogP contribution in [0.5, 0.6) is 5.75 Å². The Labute approximate surface area is 140 Å².